The van der Waals surface area contributed by atoms with Crippen LogP contribution in [0.3, 0.4) is 0 Å². The number of aromatic nitrogens is 1. The molecule has 1 saturated heterocycles. The van der Waals surface area contributed by atoms with Crippen LogP contribution in [-0.4, -0.2) is 17.5 Å². The number of hydrogen-bond acceptors (Lipinski definition) is 2. The first kappa shape index (κ1) is 11.9. The van der Waals surface area contributed by atoms with Crippen LogP contribution in [0.2, 0.25) is 11.3 Å². The molecule has 4 heteroatoms. The van der Waals surface area contributed by atoms with E-state index in [1.807, 2.05) is 12.3 Å². The van der Waals surface area contributed by atoms with Crippen LogP contribution >= 0.6 is 11.6 Å². The van der Waals surface area contributed by atoms with Gasteiger partial charge in [0.25, 0.3) is 0 Å². The van der Waals surface area contributed by atoms with Crippen LogP contribution in [0.4, 0.5) is 0 Å². The van der Waals surface area contributed by atoms with Crippen molar-refractivity contribution in [3.05, 3.63) is 23.5 Å². The summed E-state index contributed by atoms with van der Waals surface area (Å²) in [5.74, 6) is 0. The monoisotopic (exact) mass is 237 g/mol. The van der Waals surface area contributed by atoms with Gasteiger partial charge in [-0.15, -0.1) is 0 Å². The summed E-state index contributed by atoms with van der Waals surface area (Å²) in [6.45, 7) is 8.80. The van der Waals surface area contributed by atoms with Gasteiger partial charge in [0.1, 0.15) is 0 Å². The van der Waals surface area contributed by atoms with Crippen LogP contribution in [0.5, 0.6) is 0 Å². The molecule has 0 radical (unpaired) electrons. The smallest absolute Gasteiger partial charge is 0.330 e. The Labute approximate surface area is 102 Å². The molecular weight excluding hydrogens is 220 g/mol. The van der Waals surface area contributed by atoms with E-state index in [9.17, 15) is 0 Å². The lowest BCUT2D eigenvalue weighted by Crippen LogP contribution is -2.36. The maximum absolute atomic E-state index is 6.17. The molecule has 1 fully saturated rings. The molecule has 0 aromatic carbocycles. The Morgan fingerprint density at radius 2 is 2.06 bits per heavy atom. The van der Waals surface area contributed by atoms with Crippen LogP contribution in [0.25, 0.3) is 0 Å². The first-order valence-electron chi connectivity index (χ1n) is 5.61. The summed E-state index contributed by atoms with van der Waals surface area (Å²) in [4.78, 5) is 4.12. The Morgan fingerprint density at radius 1 is 1.38 bits per heavy atom. The second-order valence-corrected chi connectivity index (χ2v) is 6.01. The van der Waals surface area contributed by atoms with Crippen molar-refractivity contribution in [2.45, 2.75) is 39.6 Å². The van der Waals surface area contributed by atoms with E-state index >= 15 is 0 Å². The van der Waals surface area contributed by atoms with Crippen molar-refractivity contribution in [1.82, 2.24) is 4.98 Å². The minimum atomic E-state index is -0.128. The van der Waals surface area contributed by atoms with Gasteiger partial charge in [-0.1, -0.05) is 25.4 Å². The van der Waals surface area contributed by atoms with Gasteiger partial charge in [-0.2, -0.15) is 0 Å². The number of nitrogens with zero attached hydrogens (tertiary/aromatic N) is 1. The highest BCUT2D eigenvalue weighted by Crippen LogP contribution is 2.45. The molecule has 0 spiro atoms. The molecule has 0 saturated carbocycles. The van der Waals surface area contributed by atoms with Crippen molar-refractivity contribution >= 4 is 24.0 Å². The predicted molar refractivity (Wildman–Crippen MR) is 68.4 cm³/mol. The maximum Gasteiger partial charge on any atom is 0.330 e. The molecule has 86 valence electrons. The van der Waals surface area contributed by atoms with Crippen LogP contribution in [-0.2, 0) is 4.65 Å². The molecule has 0 bridgehead atoms. The Bertz CT molecular complexity index is 390. The summed E-state index contributed by atoms with van der Waals surface area (Å²) in [7, 11) is 0. The largest absolute Gasteiger partial charge is 0.425 e. The van der Waals surface area contributed by atoms with E-state index in [0.717, 1.165) is 16.8 Å². The fraction of sp³-hybridized carbons (Fsp3) is 0.583. The molecule has 0 aliphatic carbocycles. The van der Waals surface area contributed by atoms with Gasteiger partial charge in [0.15, 0.2) is 0 Å². The lowest BCUT2D eigenvalue weighted by Gasteiger charge is -2.34. The minimum Gasteiger partial charge on any atom is -0.425 e. The van der Waals surface area contributed by atoms with E-state index < -0.39 is 0 Å². The van der Waals surface area contributed by atoms with Gasteiger partial charge in [0.2, 0.25) is 0 Å². The highest BCUT2D eigenvalue weighted by Gasteiger charge is 2.50. The van der Waals surface area contributed by atoms with E-state index in [0.29, 0.717) is 0 Å². The third-order valence-electron chi connectivity index (χ3n) is 3.91. The first-order chi connectivity index (χ1) is 7.33. The van der Waals surface area contributed by atoms with Gasteiger partial charge < -0.3 is 4.65 Å². The molecule has 0 amide bonds. The van der Waals surface area contributed by atoms with Crippen molar-refractivity contribution in [2.24, 2.45) is 5.41 Å². The van der Waals surface area contributed by atoms with Gasteiger partial charge >= 0.3 is 6.92 Å². The van der Waals surface area contributed by atoms with Crippen molar-refractivity contribution < 1.29 is 4.65 Å². The maximum atomic E-state index is 6.17. The van der Waals surface area contributed by atoms with Gasteiger partial charge in [0, 0.05) is 17.4 Å². The van der Waals surface area contributed by atoms with Crippen molar-refractivity contribution in [1.29, 1.82) is 0 Å². The average Bonchev–Trinajstić information content (AvgIpc) is 2.36. The number of rotatable bonds is 1. The number of pyridine rings is 1. The highest BCUT2D eigenvalue weighted by atomic mass is 35.5. The van der Waals surface area contributed by atoms with E-state index in [1.165, 1.54) is 0 Å². The zero-order valence-corrected chi connectivity index (χ0v) is 11.0. The Hall–Kier alpha value is -0.535. The van der Waals surface area contributed by atoms with Gasteiger partial charge in [0.05, 0.1) is 5.60 Å². The number of halogens is 1. The summed E-state index contributed by atoms with van der Waals surface area (Å²) in [5.41, 5.74) is 1.02. The lowest BCUT2D eigenvalue weighted by molar-refractivity contribution is 0.0375. The molecule has 2 heterocycles. The number of hydrogen-bond donors (Lipinski definition) is 0. The molecule has 0 atom stereocenters. The lowest BCUT2D eigenvalue weighted by atomic mass is 9.54. The molecule has 16 heavy (non-hydrogen) atoms. The molecule has 0 N–H and O–H groups in total. The Morgan fingerprint density at radius 3 is 2.56 bits per heavy atom. The third-order valence-corrected chi connectivity index (χ3v) is 4.25. The quantitative estimate of drug-likeness (QED) is 0.701. The summed E-state index contributed by atoms with van der Waals surface area (Å²) < 4.78 is 6.11. The summed E-state index contributed by atoms with van der Waals surface area (Å²) in [6, 6.07) is 1.82. The molecular formula is C12H17BClNO. The fourth-order valence-corrected chi connectivity index (χ4v) is 2.29. The van der Waals surface area contributed by atoms with Crippen LogP contribution in [0.15, 0.2) is 18.5 Å². The second kappa shape index (κ2) is 3.74. The Kier molecular flexibility index (Phi) is 2.79. The molecule has 2 rings (SSSR count). The van der Waals surface area contributed by atoms with Crippen LogP contribution < -0.4 is 5.46 Å². The first-order valence-corrected chi connectivity index (χ1v) is 5.98. The van der Waals surface area contributed by atoms with Gasteiger partial charge in [-0.25, -0.2) is 0 Å². The Balaban J connectivity index is 2.31. The van der Waals surface area contributed by atoms with E-state index in [2.05, 4.69) is 32.7 Å². The van der Waals surface area contributed by atoms with Gasteiger partial charge in [-0.3, -0.25) is 4.98 Å². The predicted octanol–water partition coefficient (Wildman–Crippen LogP) is 2.77. The molecule has 1 aliphatic heterocycles. The van der Waals surface area contributed by atoms with Crippen LogP contribution in [0.1, 0.15) is 27.7 Å². The van der Waals surface area contributed by atoms with E-state index in [1.54, 1.807) is 6.20 Å². The van der Waals surface area contributed by atoms with E-state index in [4.69, 9.17) is 16.3 Å². The molecule has 2 nitrogen and oxygen atoms in total. The van der Waals surface area contributed by atoms with Crippen molar-refractivity contribution in [2.75, 3.05) is 0 Å². The summed E-state index contributed by atoms with van der Waals surface area (Å²) in [5, 5.41) is 0.744. The topological polar surface area (TPSA) is 22.1 Å². The third kappa shape index (κ3) is 1.87. The fourth-order valence-electron chi connectivity index (χ4n) is 2.07. The van der Waals surface area contributed by atoms with Crippen molar-refractivity contribution in [3.63, 3.8) is 0 Å². The van der Waals surface area contributed by atoms with E-state index in [-0.39, 0.29) is 17.9 Å². The average molecular weight is 238 g/mol. The standard InChI is InChI=1S/C12H17BClNO/c1-11(2)8-13(16-12(11,3)4)9-7-15-6-5-10(9)14/h5-7H,8H2,1-4H3. The van der Waals surface area contributed by atoms with Crippen LogP contribution in [0, 0.1) is 5.41 Å². The summed E-state index contributed by atoms with van der Waals surface area (Å²) >= 11 is 6.17. The second-order valence-electron chi connectivity index (χ2n) is 5.60. The molecule has 0 unspecified atom stereocenters. The van der Waals surface area contributed by atoms with Gasteiger partial charge in [-0.05, 0) is 37.1 Å². The summed E-state index contributed by atoms with van der Waals surface area (Å²) in [6.07, 6.45) is 4.49. The van der Waals surface area contributed by atoms with Crippen molar-refractivity contribution in [3.8, 4) is 0 Å². The highest BCUT2D eigenvalue weighted by molar-refractivity contribution is 6.71. The zero-order chi connectivity index (χ0) is 12.0. The molecule has 1 aromatic rings. The minimum absolute atomic E-state index is 0.0613. The SMILES string of the molecule is CC1(C)CB(c2cnccc2Cl)OC1(C)C. The molecule has 1 aromatic heterocycles. The zero-order valence-electron chi connectivity index (χ0n) is 10.2. The molecule has 1 aliphatic rings. The normalized spacial score (nSPS) is 22.4.